The molecule has 1 unspecified atom stereocenters. The number of carbonyl (C=O) groups excluding carboxylic acids is 1. The molecule has 3 rings (SSSR count). The first kappa shape index (κ1) is 28.8. The number of nitro groups is 1. The van der Waals surface area contributed by atoms with Gasteiger partial charge in [0.15, 0.2) is 5.69 Å². The Balaban J connectivity index is 2.18. The Morgan fingerprint density at radius 1 is 1.13 bits per heavy atom. The summed E-state index contributed by atoms with van der Waals surface area (Å²) in [6.45, 7) is 11.2. The minimum Gasteiger partial charge on any atom is -0.437 e. The summed E-state index contributed by atoms with van der Waals surface area (Å²) in [5.74, 6) is -0.429. The zero-order valence-corrected chi connectivity index (χ0v) is 23.1. The Morgan fingerprint density at radius 3 is 2.37 bits per heavy atom. The fourth-order valence-corrected chi connectivity index (χ4v) is 4.79. The first-order valence-corrected chi connectivity index (χ1v) is 13.8. The number of nitro benzene ring substituents is 1. The van der Waals surface area contributed by atoms with E-state index in [2.05, 4.69) is 15.1 Å². The predicted molar refractivity (Wildman–Crippen MR) is 143 cm³/mol. The van der Waals surface area contributed by atoms with Crippen LogP contribution in [0.3, 0.4) is 0 Å². The summed E-state index contributed by atoms with van der Waals surface area (Å²) in [5, 5.41) is 18.8. The lowest BCUT2D eigenvalue weighted by molar-refractivity contribution is -0.385. The van der Waals surface area contributed by atoms with Crippen molar-refractivity contribution in [1.29, 1.82) is 0 Å². The van der Waals surface area contributed by atoms with E-state index in [4.69, 9.17) is 4.74 Å². The normalized spacial score (nSPS) is 12.4. The first-order chi connectivity index (χ1) is 17.8. The Bertz CT molecular complexity index is 1430. The second-order valence-corrected chi connectivity index (χ2v) is 11.3. The van der Waals surface area contributed by atoms with Crippen LogP contribution >= 0.6 is 0 Å². The van der Waals surface area contributed by atoms with Gasteiger partial charge in [0, 0.05) is 30.3 Å². The zero-order valence-electron chi connectivity index (χ0n) is 22.3. The lowest BCUT2D eigenvalue weighted by Crippen LogP contribution is -2.32. The molecule has 0 saturated carbocycles. The highest BCUT2D eigenvalue weighted by Crippen LogP contribution is 2.35. The minimum absolute atomic E-state index is 0.00429. The van der Waals surface area contributed by atoms with Gasteiger partial charge in [-0.25, -0.2) is 13.1 Å². The van der Waals surface area contributed by atoms with Gasteiger partial charge < -0.3 is 10.1 Å². The maximum atomic E-state index is 13.2. The molecule has 38 heavy (non-hydrogen) atoms. The SMILES string of the molecule is CCC(C)NC(=O)c1nn(-c2ccc(C)cc2)c(Oc2ccc([N+](=O)[O-])cc2S(=O)(=O)NCC(C)C)c1C. The van der Waals surface area contributed by atoms with Crippen molar-refractivity contribution in [1.82, 2.24) is 19.8 Å². The van der Waals surface area contributed by atoms with Gasteiger partial charge in [-0.3, -0.25) is 14.9 Å². The van der Waals surface area contributed by atoms with Crippen molar-refractivity contribution in [3.8, 4) is 17.3 Å². The molecule has 1 heterocycles. The van der Waals surface area contributed by atoms with Crippen molar-refractivity contribution in [3.63, 3.8) is 0 Å². The molecule has 0 spiro atoms. The molecule has 0 radical (unpaired) electrons. The van der Waals surface area contributed by atoms with Crippen molar-refractivity contribution in [3.05, 3.63) is 69.4 Å². The number of amides is 1. The molecule has 0 bridgehead atoms. The Labute approximate surface area is 222 Å². The summed E-state index contributed by atoms with van der Waals surface area (Å²) in [6, 6.07) is 10.6. The fraction of sp³-hybridized carbons (Fsp3) is 0.385. The van der Waals surface area contributed by atoms with E-state index in [0.29, 0.717) is 11.3 Å². The number of rotatable bonds is 11. The van der Waals surface area contributed by atoms with E-state index in [1.54, 1.807) is 19.1 Å². The molecule has 0 aliphatic heterocycles. The van der Waals surface area contributed by atoms with E-state index in [0.717, 1.165) is 24.1 Å². The van der Waals surface area contributed by atoms with Crippen molar-refractivity contribution in [2.24, 2.45) is 5.92 Å². The van der Waals surface area contributed by atoms with Gasteiger partial charge in [-0.15, -0.1) is 0 Å². The zero-order chi connectivity index (χ0) is 28.2. The summed E-state index contributed by atoms with van der Waals surface area (Å²) < 4.78 is 36.3. The third-order valence-corrected chi connectivity index (χ3v) is 7.31. The van der Waals surface area contributed by atoms with Crippen LogP contribution < -0.4 is 14.8 Å². The molecule has 11 nitrogen and oxygen atoms in total. The second kappa shape index (κ2) is 11.7. The summed E-state index contributed by atoms with van der Waals surface area (Å²) in [6.07, 6.45) is 0.722. The monoisotopic (exact) mass is 543 g/mol. The standard InChI is InChI=1S/C26H33N5O6S/c1-7-18(5)28-25(32)24-19(6)26(30(29-24)20-10-8-17(4)9-11-20)37-22-13-12-21(31(33)34)14-23(22)38(35,36)27-15-16(2)3/h8-14,16,18,27H,7,15H2,1-6H3,(H,28,32). The third kappa shape index (κ3) is 6.56. The van der Waals surface area contributed by atoms with Crippen LogP contribution in [0.25, 0.3) is 5.69 Å². The van der Waals surface area contributed by atoms with E-state index < -0.39 is 31.4 Å². The number of hydrogen-bond acceptors (Lipinski definition) is 7. The number of ether oxygens (including phenoxy) is 1. The maximum absolute atomic E-state index is 13.2. The maximum Gasteiger partial charge on any atom is 0.272 e. The minimum atomic E-state index is -4.18. The fourth-order valence-electron chi connectivity index (χ4n) is 3.43. The van der Waals surface area contributed by atoms with Gasteiger partial charge in [0.2, 0.25) is 15.9 Å². The number of nitrogens with zero attached hydrogens (tertiary/aromatic N) is 3. The van der Waals surface area contributed by atoms with Crippen LogP contribution in [-0.2, 0) is 10.0 Å². The van der Waals surface area contributed by atoms with Crippen molar-refractivity contribution < 1.29 is 22.9 Å². The Morgan fingerprint density at radius 2 is 1.79 bits per heavy atom. The summed E-state index contributed by atoms with van der Waals surface area (Å²) >= 11 is 0. The van der Waals surface area contributed by atoms with Crippen LogP contribution in [0.5, 0.6) is 11.6 Å². The summed E-state index contributed by atoms with van der Waals surface area (Å²) in [7, 11) is -4.18. The van der Waals surface area contributed by atoms with E-state index in [-0.39, 0.29) is 35.8 Å². The van der Waals surface area contributed by atoms with Crippen molar-refractivity contribution in [2.75, 3.05) is 6.54 Å². The molecule has 3 aromatic rings. The number of benzene rings is 2. The van der Waals surface area contributed by atoms with Crippen LogP contribution in [-0.4, -0.2) is 41.6 Å². The number of aromatic nitrogens is 2. The quantitative estimate of drug-likeness (QED) is 0.264. The Kier molecular flexibility index (Phi) is 8.89. The van der Waals surface area contributed by atoms with Gasteiger partial charge in [0.1, 0.15) is 10.6 Å². The summed E-state index contributed by atoms with van der Waals surface area (Å²) in [5.41, 5.74) is 1.68. The number of nitrogens with one attached hydrogen (secondary N) is 2. The molecule has 0 aliphatic rings. The molecule has 1 amide bonds. The van der Waals surface area contributed by atoms with E-state index >= 15 is 0 Å². The smallest absolute Gasteiger partial charge is 0.272 e. The number of aryl methyl sites for hydroxylation is 1. The van der Waals surface area contributed by atoms with Crippen molar-refractivity contribution in [2.45, 2.75) is 58.9 Å². The highest BCUT2D eigenvalue weighted by atomic mass is 32.2. The molecule has 12 heteroatoms. The van der Waals surface area contributed by atoms with Crippen molar-refractivity contribution >= 4 is 21.6 Å². The van der Waals surface area contributed by atoms with Gasteiger partial charge in [-0.2, -0.15) is 9.78 Å². The van der Waals surface area contributed by atoms with Gasteiger partial charge in [0.25, 0.3) is 11.6 Å². The van der Waals surface area contributed by atoms with Crippen LogP contribution in [0.15, 0.2) is 47.4 Å². The van der Waals surface area contributed by atoms with E-state index in [9.17, 15) is 23.3 Å². The molecule has 1 atom stereocenters. The molecule has 1 aromatic heterocycles. The summed E-state index contributed by atoms with van der Waals surface area (Å²) in [4.78, 5) is 23.4. The van der Waals surface area contributed by atoms with Crippen LogP contribution in [0, 0.1) is 29.9 Å². The molecular formula is C26H33N5O6S. The van der Waals surface area contributed by atoms with E-state index in [1.807, 2.05) is 46.8 Å². The molecule has 2 aromatic carbocycles. The molecule has 2 N–H and O–H groups in total. The molecular weight excluding hydrogens is 510 g/mol. The van der Waals surface area contributed by atoms with E-state index in [1.165, 1.54) is 10.7 Å². The van der Waals surface area contributed by atoms with Gasteiger partial charge in [-0.05, 0) is 51.3 Å². The first-order valence-electron chi connectivity index (χ1n) is 12.3. The molecule has 0 saturated heterocycles. The van der Waals surface area contributed by atoms with Crippen LogP contribution in [0.2, 0.25) is 0 Å². The van der Waals surface area contributed by atoms with Gasteiger partial charge in [-0.1, -0.05) is 38.5 Å². The van der Waals surface area contributed by atoms with Crippen LogP contribution in [0.1, 0.15) is 55.7 Å². The topological polar surface area (TPSA) is 145 Å². The molecule has 204 valence electrons. The lowest BCUT2D eigenvalue weighted by Gasteiger charge is -2.15. The lowest BCUT2D eigenvalue weighted by atomic mass is 10.2. The van der Waals surface area contributed by atoms with Crippen LogP contribution in [0.4, 0.5) is 5.69 Å². The predicted octanol–water partition coefficient (Wildman–Crippen LogP) is 4.65. The largest absolute Gasteiger partial charge is 0.437 e. The average Bonchev–Trinajstić information content (AvgIpc) is 3.19. The number of carbonyl (C=O) groups is 1. The van der Waals surface area contributed by atoms with Gasteiger partial charge in [0.05, 0.1) is 10.6 Å². The van der Waals surface area contributed by atoms with Gasteiger partial charge >= 0.3 is 0 Å². The molecule has 0 fully saturated rings. The third-order valence-electron chi connectivity index (χ3n) is 5.87. The molecule has 0 aliphatic carbocycles. The highest BCUT2D eigenvalue weighted by Gasteiger charge is 2.28. The number of hydrogen-bond donors (Lipinski definition) is 2. The Hall–Kier alpha value is -3.77. The highest BCUT2D eigenvalue weighted by molar-refractivity contribution is 7.89. The number of non-ortho nitro benzene ring substituents is 1. The number of sulfonamides is 1. The second-order valence-electron chi connectivity index (χ2n) is 9.54. The average molecular weight is 544 g/mol.